The highest BCUT2D eigenvalue weighted by Gasteiger charge is 2.15. The van der Waals surface area contributed by atoms with Crippen LogP contribution in [0, 0.1) is 6.92 Å². The summed E-state index contributed by atoms with van der Waals surface area (Å²) in [6.07, 6.45) is 3.63. The van der Waals surface area contributed by atoms with Gasteiger partial charge in [0.15, 0.2) is 11.5 Å². The van der Waals surface area contributed by atoms with E-state index in [-0.39, 0.29) is 5.91 Å². The van der Waals surface area contributed by atoms with Crippen LogP contribution in [-0.4, -0.2) is 34.2 Å². The van der Waals surface area contributed by atoms with Gasteiger partial charge in [-0.1, -0.05) is 6.07 Å². The number of carbonyl (C=O) groups is 1. The van der Waals surface area contributed by atoms with Gasteiger partial charge in [-0.2, -0.15) is 0 Å². The van der Waals surface area contributed by atoms with Gasteiger partial charge in [-0.3, -0.25) is 9.78 Å². The molecule has 1 aromatic carbocycles. The van der Waals surface area contributed by atoms with E-state index >= 15 is 0 Å². The van der Waals surface area contributed by atoms with Crippen molar-refractivity contribution in [3.63, 3.8) is 0 Å². The molecule has 3 heterocycles. The third-order valence-electron chi connectivity index (χ3n) is 4.68. The number of nitrogens with one attached hydrogen (secondary N) is 1. The van der Waals surface area contributed by atoms with Gasteiger partial charge in [0.1, 0.15) is 0 Å². The SMILES string of the molecule is Cc1ccc2c(NC(=O)c3ccc(N4CCCCC4)nn3)cccc2n1. The molecule has 1 fully saturated rings. The van der Waals surface area contributed by atoms with Gasteiger partial charge in [0.2, 0.25) is 0 Å². The Balaban J connectivity index is 1.53. The van der Waals surface area contributed by atoms with Gasteiger partial charge >= 0.3 is 0 Å². The van der Waals surface area contributed by atoms with E-state index < -0.39 is 0 Å². The summed E-state index contributed by atoms with van der Waals surface area (Å²) >= 11 is 0. The lowest BCUT2D eigenvalue weighted by molar-refractivity contribution is 0.102. The van der Waals surface area contributed by atoms with E-state index in [9.17, 15) is 4.79 Å². The molecule has 26 heavy (non-hydrogen) atoms. The average Bonchev–Trinajstić information content (AvgIpc) is 2.69. The first kappa shape index (κ1) is 16.4. The Labute approximate surface area is 152 Å². The monoisotopic (exact) mass is 347 g/mol. The Morgan fingerprint density at radius 2 is 1.85 bits per heavy atom. The molecule has 2 aromatic heterocycles. The number of piperidine rings is 1. The maximum atomic E-state index is 12.6. The van der Waals surface area contributed by atoms with Crippen molar-refractivity contribution in [2.24, 2.45) is 0 Å². The lowest BCUT2D eigenvalue weighted by Gasteiger charge is -2.27. The van der Waals surface area contributed by atoms with E-state index in [2.05, 4.69) is 25.4 Å². The predicted molar refractivity (Wildman–Crippen MR) is 103 cm³/mol. The van der Waals surface area contributed by atoms with Crippen LogP contribution in [0.15, 0.2) is 42.5 Å². The molecule has 6 heteroatoms. The molecule has 6 nitrogen and oxygen atoms in total. The molecule has 0 atom stereocenters. The summed E-state index contributed by atoms with van der Waals surface area (Å²) in [7, 11) is 0. The summed E-state index contributed by atoms with van der Waals surface area (Å²) in [5.41, 5.74) is 2.83. The van der Waals surface area contributed by atoms with Gasteiger partial charge < -0.3 is 10.2 Å². The normalized spacial score (nSPS) is 14.4. The largest absolute Gasteiger partial charge is 0.355 e. The first-order valence-electron chi connectivity index (χ1n) is 8.97. The van der Waals surface area contributed by atoms with Crippen molar-refractivity contribution >= 4 is 28.3 Å². The van der Waals surface area contributed by atoms with Crippen LogP contribution in [0.4, 0.5) is 11.5 Å². The van der Waals surface area contributed by atoms with Crippen molar-refractivity contribution in [1.82, 2.24) is 15.2 Å². The van der Waals surface area contributed by atoms with E-state index in [1.54, 1.807) is 6.07 Å². The fourth-order valence-electron chi connectivity index (χ4n) is 3.29. The van der Waals surface area contributed by atoms with Gasteiger partial charge in [0, 0.05) is 24.2 Å². The van der Waals surface area contributed by atoms with E-state index in [4.69, 9.17) is 0 Å². The number of hydrogen-bond donors (Lipinski definition) is 1. The summed E-state index contributed by atoms with van der Waals surface area (Å²) in [6, 6.07) is 13.2. The summed E-state index contributed by atoms with van der Waals surface area (Å²) in [6.45, 7) is 3.95. The molecular weight excluding hydrogens is 326 g/mol. The Morgan fingerprint density at radius 3 is 2.62 bits per heavy atom. The molecule has 1 aliphatic heterocycles. The van der Waals surface area contributed by atoms with Gasteiger partial charge in [-0.05, 0) is 62.6 Å². The molecule has 0 unspecified atom stereocenters. The van der Waals surface area contributed by atoms with Crippen LogP contribution in [0.3, 0.4) is 0 Å². The van der Waals surface area contributed by atoms with Crippen LogP contribution in [0.5, 0.6) is 0 Å². The van der Waals surface area contributed by atoms with Gasteiger partial charge in [-0.25, -0.2) is 0 Å². The molecule has 0 radical (unpaired) electrons. The van der Waals surface area contributed by atoms with Crippen LogP contribution in [-0.2, 0) is 0 Å². The average molecular weight is 347 g/mol. The van der Waals surface area contributed by atoms with E-state index in [0.717, 1.165) is 41.2 Å². The molecule has 0 saturated carbocycles. The highest BCUT2D eigenvalue weighted by atomic mass is 16.1. The van der Waals surface area contributed by atoms with Crippen LogP contribution in [0.25, 0.3) is 10.9 Å². The molecule has 0 bridgehead atoms. The Hall–Kier alpha value is -3.02. The van der Waals surface area contributed by atoms with Crippen LogP contribution in [0.1, 0.15) is 35.4 Å². The smallest absolute Gasteiger partial charge is 0.276 e. The number of nitrogens with zero attached hydrogens (tertiary/aromatic N) is 4. The third-order valence-corrected chi connectivity index (χ3v) is 4.68. The second kappa shape index (κ2) is 7.07. The number of amides is 1. The summed E-state index contributed by atoms with van der Waals surface area (Å²) in [5.74, 6) is 0.571. The van der Waals surface area contributed by atoms with Crippen molar-refractivity contribution in [1.29, 1.82) is 0 Å². The molecule has 3 aromatic rings. The zero-order valence-corrected chi connectivity index (χ0v) is 14.8. The van der Waals surface area contributed by atoms with Crippen molar-refractivity contribution in [2.45, 2.75) is 26.2 Å². The molecule has 1 aliphatic rings. The lowest BCUT2D eigenvalue weighted by atomic mass is 10.1. The zero-order chi connectivity index (χ0) is 17.9. The number of anilines is 2. The number of benzene rings is 1. The van der Waals surface area contributed by atoms with Crippen LogP contribution < -0.4 is 10.2 Å². The number of aryl methyl sites for hydroxylation is 1. The maximum Gasteiger partial charge on any atom is 0.276 e. The van der Waals surface area contributed by atoms with Crippen molar-refractivity contribution in [3.05, 3.63) is 53.9 Å². The summed E-state index contributed by atoms with van der Waals surface area (Å²) < 4.78 is 0. The molecule has 1 amide bonds. The summed E-state index contributed by atoms with van der Waals surface area (Å²) in [5, 5.41) is 12.2. The lowest BCUT2D eigenvalue weighted by Crippen LogP contribution is -2.30. The predicted octanol–water partition coefficient (Wildman–Crippen LogP) is 3.58. The second-order valence-corrected chi connectivity index (χ2v) is 6.60. The number of carbonyl (C=O) groups excluding carboxylic acids is 1. The Morgan fingerprint density at radius 1 is 1.00 bits per heavy atom. The standard InChI is InChI=1S/C20H21N5O/c1-14-8-9-15-16(21-14)6-5-7-17(15)22-20(26)18-10-11-19(24-23-18)25-12-3-2-4-13-25/h5-11H,2-4,12-13H2,1H3,(H,22,26). The van der Waals surface area contributed by atoms with Gasteiger partial charge in [0.25, 0.3) is 5.91 Å². The van der Waals surface area contributed by atoms with E-state index in [1.807, 2.05) is 43.3 Å². The third kappa shape index (κ3) is 3.35. The van der Waals surface area contributed by atoms with Crippen LogP contribution >= 0.6 is 0 Å². The fourth-order valence-corrected chi connectivity index (χ4v) is 3.29. The van der Waals surface area contributed by atoms with E-state index in [0.29, 0.717) is 5.69 Å². The zero-order valence-electron chi connectivity index (χ0n) is 14.8. The highest BCUT2D eigenvalue weighted by molar-refractivity contribution is 6.07. The molecule has 1 saturated heterocycles. The quantitative estimate of drug-likeness (QED) is 0.784. The second-order valence-electron chi connectivity index (χ2n) is 6.60. The number of pyridine rings is 1. The molecule has 0 aliphatic carbocycles. The Bertz CT molecular complexity index is 933. The first-order valence-corrected chi connectivity index (χ1v) is 8.97. The van der Waals surface area contributed by atoms with Crippen molar-refractivity contribution < 1.29 is 4.79 Å². The Kier molecular flexibility index (Phi) is 4.48. The van der Waals surface area contributed by atoms with Gasteiger partial charge in [-0.15, -0.1) is 10.2 Å². The van der Waals surface area contributed by atoms with Crippen LogP contribution in [0.2, 0.25) is 0 Å². The first-order chi connectivity index (χ1) is 12.7. The van der Waals surface area contributed by atoms with Gasteiger partial charge in [0.05, 0.1) is 11.2 Å². The highest BCUT2D eigenvalue weighted by Crippen LogP contribution is 2.23. The fraction of sp³-hybridized carbons (Fsp3) is 0.300. The minimum Gasteiger partial charge on any atom is -0.355 e. The molecular formula is C20H21N5O. The molecule has 132 valence electrons. The minimum absolute atomic E-state index is 0.268. The van der Waals surface area contributed by atoms with Crippen molar-refractivity contribution in [2.75, 3.05) is 23.3 Å². The maximum absolute atomic E-state index is 12.6. The van der Waals surface area contributed by atoms with Crippen molar-refractivity contribution in [3.8, 4) is 0 Å². The minimum atomic E-state index is -0.268. The molecule has 0 spiro atoms. The summed E-state index contributed by atoms with van der Waals surface area (Å²) in [4.78, 5) is 19.3. The molecule has 1 N–H and O–H groups in total. The number of hydrogen-bond acceptors (Lipinski definition) is 5. The number of rotatable bonds is 3. The number of fused-ring (bicyclic) bond motifs is 1. The molecule has 4 rings (SSSR count). The van der Waals surface area contributed by atoms with E-state index in [1.165, 1.54) is 19.3 Å². The number of aromatic nitrogens is 3. The topological polar surface area (TPSA) is 71.0 Å².